The molecule has 0 bridgehead atoms. The minimum Gasteiger partial charge on any atom is -0.497 e. The third-order valence-corrected chi connectivity index (χ3v) is 9.69. The van der Waals surface area contributed by atoms with Crippen molar-refractivity contribution in [1.29, 1.82) is 0 Å². The quantitative estimate of drug-likeness (QED) is 0.151. The summed E-state index contributed by atoms with van der Waals surface area (Å²) in [6, 6.07) is 19.9. The number of carbonyl (C=O) groups is 2. The van der Waals surface area contributed by atoms with Gasteiger partial charge in [0.25, 0.3) is 11.8 Å². The molecule has 0 aliphatic carbocycles. The zero-order valence-electron chi connectivity index (χ0n) is 28.8. The Hall–Kier alpha value is -5.82. The molecule has 14 heteroatoms. The molecule has 0 radical (unpaired) electrons. The first kappa shape index (κ1) is 36.5. The molecule has 5 aromatic rings. The van der Waals surface area contributed by atoms with E-state index >= 15 is 0 Å². The first-order chi connectivity index (χ1) is 25.8. The molecule has 1 N–H and O–H groups in total. The molecule has 2 aliphatic rings. The van der Waals surface area contributed by atoms with Crippen LogP contribution in [0.25, 0.3) is 0 Å². The van der Waals surface area contributed by atoms with Crippen LogP contribution in [-0.2, 0) is 19.3 Å². The Morgan fingerprint density at radius 3 is 2.15 bits per heavy atom. The van der Waals surface area contributed by atoms with Gasteiger partial charge in [0.15, 0.2) is 5.75 Å². The van der Waals surface area contributed by atoms with E-state index in [2.05, 4.69) is 5.32 Å². The van der Waals surface area contributed by atoms with E-state index in [1.807, 2.05) is 17.0 Å². The van der Waals surface area contributed by atoms with Gasteiger partial charge >= 0.3 is 6.18 Å². The predicted octanol–water partition coefficient (Wildman–Crippen LogP) is 9.05. The molecule has 1 unspecified atom stereocenters. The number of alkyl halides is 3. The summed E-state index contributed by atoms with van der Waals surface area (Å²) in [5.74, 6) is -2.10. The van der Waals surface area contributed by atoms with Crippen LogP contribution >= 0.6 is 11.6 Å². The Kier molecular flexibility index (Phi) is 9.84. The molecule has 2 aliphatic heterocycles. The molecule has 278 valence electrons. The molecule has 54 heavy (non-hydrogen) atoms. The molecule has 8 nitrogen and oxygen atoms in total. The number of halogens is 6. The lowest BCUT2D eigenvalue weighted by atomic mass is 9.93. The van der Waals surface area contributed by atoms with Gasteiger partial charge in [-0.3, -0.25) is 9.59 Å². The zero-order valence-corrected chi connectivity index (χ0v) is 29.5. The van der Waals surface area contributed by atoms with Gasteiger partial charge in [0.05, 0.1) is 43.6 Å². The molecule has 0 spiro atoms. The average Bonchev–Trinajstić information content (AvgIpc) is 3.44. The highest BCUT2D eigenvalue weighted by molar-refractivity contribution is 6.31. The number of hydrogen-bond acceptors (Lipinski definition) is 6. The van der Waals surface area contributed by atoms with Crippen LogP contribution in [0.2, 0.25) is 5.02 Å². The van der Waals surface area contributed by atoms with Gasteiger partial charge in [-0.2, -0.15) is 13.2 Å². The van der Waals surface area contributed by atoms with Crippen molar-refractivity contribution in [2.24, 2.45) is 0 Å². The second-order valence-electron chi connectivity index (χ2n) is 12.7. The van der Waals surface area contributed by atoms with E-state index in [-0.39, 0.29) is 46.3 Å². The molecule has 0 fully saturated rings. The van der Waals surface area contributed by atoms with E-state index in [4.69, 9.17) is 25.8 Å². The molecule has 0 aromatic heterocycles. The average molecular weight is 764 g/mol. The number of benzene rings is 5. The van der Waals surface area contributed by atoms with E-state index in [1.165, 1.54) is 24.1 Å². The Bertz CT molecular complexity index is 2250. The molecule has 7 rings (SSSR count). The summed E-state index contributed by atoms with van der Waals surface area (Å²) in [6.07, 6.45) is -4.93. The lowest BCUT2D eigenvalue weighted by molar-refractivity contribution is -0.137. The van der Waals surface area contributed by atoms with E-state index < -0.39 is 46.8 Å². The molecule has 5 aromatic carbocycles. The van der Waals surface area contributed by atoms with Gasteiger partial charge in [-0.1, -0.05) is 35.9 Å². The summed E-state index contributed by atoms with van der Waals surface area (Å²) in [4.78, 5) is 32.0. The lowest BCUT2D eigenvalue weighted by Crippen LogP contribution is -2.33. The largest absolute Gasteiger partial charge is 0.497 e. The Balaban J connectivity index is 1.41. The number of ether oxygens (including phenoxy) is 3. The summed E-state index contributed by atoms with van der Waals surface area (Å²) in [5, 5.41) is 2.77. The maximum Gasteiger partial charge on any atom is 0.416 e. The number of anilines is 2. The minimum absolute atomic E-state index is 0.00714. The van der Waals surface area contributed by atoms with Gasteiger partial charge in [-0.05, 0) is 77.9 Å². The molecule has 1 atom stereocenters. The van der Waals surface area contributed by atoms with Crippen LogP contribution in [0.15, 0.2) is 91.0 Å². The van der Waals surface area contributed by atoms with Crippen LogP contribution < -0.4 is 24.4 Å². The van der Waals surface area contributed by atoms with Crippen LogP contribution in [0, 0.1) is 11.6 Å². The standard InChI is InChI=1S/C40H31ClF5N3O5/c1-52-28-8-3-22(4-9-28)20-48-13-14-54-37-33(48)19-32(47-38(50)24-15-25(40(44,45)46)17-27(43)16-24)34-35(37)39(51)49(21-23-5-10-29(53-2)11-6-23)36(34)30-18-26(42)7-12-31(30)41/h3-12,15-19,36H,13-14,20-21H2,1-2H3,(H,47,50). The lowest BCUT2D eigenvalue weighted by Gasteiger charge is -2.33. The van der Waals surface area contributed by atoms with Crippen molar-refractivity contribution in [3.63, 3.8) is 0 Å². The SMILES string of the molecule is COc1ccc(CN2CCOc3c2cc(NC(=O)c2cc(F)cc(C(F)(F)F)c2)c2c3C(=O)N(Cc3ccc(OC)cc3)C2c2cc(F)ccc2Cl)cc1. The molecule has 0 saturated carbocycles. The number of hydrogen-bond donors (Lipinski definition) is 1. The molecule has 0 saturated heterocycles. The fourth-order valence-electron chi connectivity index (χ4n) is 6.77. The van der Waals surface area contributed by atoms with Crippen LogP contribution in [0.3, 0.4) is 0 Å². The number of carbonyl (C=O) groups excluding carboxylic acids is 2. The van der Waals surface area contributed by atoms with E-state index in [0.717, 1.165) is 11.6 Å². The number of nitrogens with zero attached hydrogens (tertiary/aromatic N) is 2. The van der Waals surface area contributed by atoms with Crippen molar-refractivity contribution in [2.45, 2.75) is 25.3 Å². The fraction of sp³-hybridized carbons (Fsp3) is 0.200. The van der Waals surface area contributed by atoms with E-state index in [1.54, 1.807) is 49.6 Å². The van der Waals surface area contributed by atoms with Crippen molar-refractivity contribution >= 4 is 34.8 Å². The molecular formula is C40H31ClF5N3O5. The Labute approximate surface area is 311 Å². The van der Waals surface area contributed by atoms with Crippen molar-refractivity contribution in [3.8, 4) is 17.2 Å². The molecule has 2 heterocycles. The first-order valence-electron chi connectivity index (χ1n) is 16.6. The minimum atomic E-state index is -4.93. The van der Waals surface area contributed by atoms with Crippen molar-refractivity contribution in [2.75, 3.05) is 37.6 Å². The number of nitrogens with one attached hydrogen (secondary N) is 1. The third-order valence-electron chi connectivity index (χ3n) is 9.34. The summed E-state index contributed by atoms with van der Waals surface area (Å²) < 4.78 is 87.3. The number of methoxy groups -OCH3 is 2. The summed E-state index contributed by atoms with van der Waals surface area (Å²) in [5.41, 5.74) is 0.415. The number of rotatable bonds is 9. The normalized spacial score (nSPS) is 15.0. The maximum absolute atomic E-state index is 15.0. The van der Waals surface area contributed by atoms with Crippen LogP contribution in [0.1, 0.15) is 54.6 Å². The van der Waals surface area contributed by atoms with Crippen LogP contribution in [-0.4, -0.2) is 44.1 Å². The predicted molar refractivity (Wildman–Crippen MR) is 191 cm³/mol. The topological polar surface area (TPSA) is 80.3 Å². The highest BCUT2D eigenvalue weighted by atomic mass is 35.5. The Morgan fingerprint density at radius 1 is 0.870 bits per heavy atom. The number of amides is 2. The monoisotopic (exact) mass is 763 g/mol. The van der Waals surface area contributed by atoms with Gasteiger partial charge in [0.2, 0.25) is 0 Å². The van der Waals surface area contributed by atoms with Crippen LogP contribution in [0.4, 0.5) is 33.3 Å². The third kappa shape index (κ3) is 7.11. The summed E-state index contributed by atoms with van der Waals surface area (Å²) in [6.45, 7) is 0.884. The van der Waals surface area contributed by atoms with Gasteiger partial charge in [-0.25, -0.2) is 8.78 Å². The zero-order chi connectivity index (χ0) is 38.3. The molecule has 2 amide bonds. The van der Waals surface area contributed by atoms with Gasteiger partial charge < -0.3 is 29.3 Å². The fourth-order valence-corrected chi connectivity index (χ4v) is 6.99. The van der Waals surface area contributed by atoms with Crippen LogP contribution in [0.5, 0.6) is 17.2 Å². The van der Waals surface area contributed by atoms with E-state index in [0.29, 0.717) is 54.0 Å². The maximum atomic E-state index is 15.0. The van der Waals surface area contributed by atoms with Crippen molar-refractivity contribution in [3.05, 3.63) is 147 Å². The van der Waals surface area contributed by atoms with E-state index in [9.17, 15) is 31.5 Å². The van der Waals surface area contributed by atoms with Crippen molar-refractivity contribution in [1.82, 2.24) is 4.90 Å². The first-order valence-corrected chi connectivity index (χ1v) is 17.0. The smallest absolute Gasteiger partial charge is 0.416 e. The van der Waals surface area contributed by atoms with Crippen molar-refractivity contribution < 1.29 is 45.8 Å². The highest BCUT2D eigenvalue weighted by Crippen LogP contribution is 2.52. The second kappa shape index (κ2) is 14.5. The summed E-state index contributed by atoms with van der Waals surface area (Å²) in [7, 11) is 3.07. The van der Waals surface area contributed by atoms with Gasteiger partial charge in [0, 0.05) is 40.5 Å². The number of fused-ring (bicyclic) bond motifs is 3. The highest BCUT2D eigenvalue weighted by Gasteiger charge is 2.45. The van der Waals surface area contributed by atoms with Gasteiger partial charge in [-0.15, -0.1) is 0 Å². The molecular weight excluding hydrogens is 733 g/mol. The summed E-state index contributed by atoms with van der Waals surface area (Å²) >= 11 is 6.70. The van der Waals surface area contributed by atoms with Gasteiger partial charge in [0.1, 0.15) is 29.7 Å². The Morgan fingerprint density at radius 2 is 1.52 bits per heavy atom. The second-order valence-corrected chi connectivity index (χ2v) is 13.1.